The molecule has 4 bridgehead atoms. The number of urea groups is 1. The van der Waals surface area contributed by atoms with Crippen molar-refractivity contribution in [3.05, 3.63) is 52.8 Å². The Morgan fingerprint density at radius 1 is 1.12 bits per heavy atom. The van der Waals surface area contributed by atoms with Gasteiger partial charge in [0.15, 0.2) is 0 Å². The molecule has 1 saturated carbocycles. The molecule has 2 saturated heterocycles. The van der Waals surface area contributed by atoms with E-state index in [-0.39, 0.29) is 24.6 Å². The number of aromatic nitrogens is 2. The first-order chi connectivity index (χ1) is 16.1. The highest BCUT2D eigenvalue weighted by Gasteiger charge is 2.48. The van der Waals surface area contributed by atoms with Gasteiger partial charge in [-0.05, 0) is 43.6 Å². The zero-order chi connectivity index (χ0) is 22.5. The number of nitrogens with zero attached hydrogens (tertiary/aromatic N) is 4. The van der Waals surface area contributed by atoms with Crippen molar-refractivity contribution in [1.82, 2.24) is 25.2 Å². The number of amides is 3. The van der Waals surface area contributed by atoms with E-state index in [1.807, 2.05) is 42.1 Å². The van der Waals surface area contributed by atoms with Crippen molar-refractivity contribution in [3.8, 4) is 0 Å². The Balaban J connectivity index is 1.04. The van der Waals surface area contributed by atoms with Crippen molar-refractivity contribution in [2.45, 2.75) is 69.2 Å². The first-order valence-electron chi connectivity index (χ1n) is 11.8. The molecule has 33 heavy (non-hydrogen) atoms. The topological polar surface area (TPSA) is 88.9 Å². The van der Waals surface area contributed by atoms with E-state index in [2.05, 4.69) is 10.6 Å². The number of hydrogen-bond acceptors (Lipinski definition) is 5. The fourth-order valence-electron chi connectivity index (χ4n) is 6.17. The van der Waals surface area contributed by atoms with E-state index in [0.29, 0.717) is 37.8 Å². The minimum atomic E-state index is -0.551. The van der Waals surface area contributed by atoms with Crippen LogP contribution in [0.25, 0.3) is 0 Å². The van der Waals surface area contributed by atoms with Gasteiger partial charge in [0, 0.05) is 30.8 Å². The van der Waals surface area contributed by atoms with E-state index in [0.717, 1.165) is 11.3 Å². The molecule has 3 heterocycles. The van der Waals surface area contributed by atoms with Crippen LogP contribution >= 0.6 is 0 Å². The number of hydrogen-bond donors (Lipinski definition) is 1. The van der Waals surface area contributed by atoms with Crippen molar-refractivity contribution in [2.75, 3.05) is 6.54 Å². The van der Waals surface area contributed by atoms with Crippen LogP contribution in [0.5, 0.6) is 0 Å². The summed E-state index contributed by atoms with van der Waals surface area (Å²) in [6, 6.07) is 8.91. The number of aryl methyl sites for hydroxylation is 1. The first-order valence-corrected chi connectivity index (χ1v) is 11.8. The Morgan fingerprint density at radius 3 is 2.79 bits per heavy atom. The Morgan fingerprint density at radius 2 is 1.94 bits per heavy atom. The minimum Gasteiger partial charge on any atom is -0.309 e. The predicted molar refractivity (Wildman–Crippen MR) is 117 cm³/mol. The number of fused-ring (bicyclic) bond motifs is 7. The minimum absolute atomic E-state index is 0.0299. The smallest absolute Gasteiger partial charge is 0.309 e. The lowest BCUT2D eigenvalue weighted by molar-refractivity contribution is -0.141. The average molecular weight is 452 g/mol. The lowest BCUT2D eigenvalue weighted by Crippen LogP contribution is -2.49. The third kappa shape index (κ3) is 3.50. The summed E-state index contributed by atoms with van der Waals surface area (Å²) in [5.41, 5.74) is 7.16. The van der Waals surface area contributed by atoms with Gasteiger partial charge in [-0.25, -0.2) is 10.3 Å². The van der Waals surface area contributed by atoms with Gasteiger partial charge in [-0.2, -0.15) is 10.2 Å². The zero-order valence-corrected chi connectivity index (χ0v) is 18.8. The number of benzene rings is 1. The lowest BCUT2D eigenvalue weighted by Gasteiger charge is -2.28. The number of rotatable bonds is 7. The fraction of sp³-hybridized carbons (Fsp3) is 0.542. The first kappa shape index (κ1) is 20.7. The van der Waals surface area contributed by atoms with Crippen molar-refractivity contribution >= 4 is 11.9 Å². The van der Waals surface area contributed by atoms with E-state index < -0.39 is 6.04 Å². The van der Waals surface area contributed by atoms with Crippen molar-refractivity contribution in [1.29, 1.82) is 0 Å². The maximum atomic E-state index is 12.9. The molecule has 9 nitrogen and oxygen atoms in total. The highest BCUT2D eigenvalue weighted by molar-refractivity contribution is 5.88. The molecule has 4 atom stereocenters. The largest absolute Gasteiger partial charge is 0.345 e. The van der Waals surface area contributed by atoms with Crippen LogP contribution in [-0.4, -0.2) is 50.3 Å². The Labute approximate surface area is 192 Å². The van der Waals surface area contributed by atoms with Gasteiger partial charge in [0.2, 0.25) is 0 Å². The maximum absolute atomic E-state index is 12.9. The van der Waals surface area contributed by atoms with Gasteiger partial charge >= 0.3 is 6.03 Å². The number of carbonyl (C=O) groups is 2. The van der Waals surface area contributed by atoms with Crippen molar-refractivity contribution in [2.24, 2.45) is 7.05 Å². The molecule has 2 aromatic rings. The van der Waals surface area contributed by atoms with E-state index in [9.17, 15) is 9.59 Å². The molecule has 1 aromatic heterocycles. The summed E-state index contributed by atoms with van der Waals surface area (Å²) in [4.78, 5) is 38.8. The molecule has 174 valence electrons. The second-order valence-corrected chi connectivity index (χ2v) is 9.60. The Hall–Kier alpha value is -2.91. The highest BCUT2D eigenvalue weighted by Crippen LogP contribution is 2.54. The maximum Gasteiger partial charge on any atom is 0.345 e. The van der Waals surface area contributed by atoms with Gasteiger partial charge in [0.05, 0.1) is 11.7 Å². The lowest BCUT2D eigenvalue weighted by atomic mass is 9.96. The van der Waals surface area contributed by atoms with Crippen LogP contribution in [0.4, 0.5) is 4.79 Å². The van der Waals surface area contributed by atoms with Gasteiger partial charge in [-0.3, -0.25) is 19.2 Å². The Kier molecular flexibility index (Phi) is 5.10. The van der Waals surface area contributed by atoms with Crippen LogP contribution in [0.15, 0.2) is 30.3 Å². The molecule has 9 heteroatoms. The summed E-state index contributed by atoms with van der Waals surface area (Å²) in [6.07, 6.45) is 4.97. The second-order valence-electron chi connectivity index (χ2n) is 9.60. The third-order valence-corrected chi connectivity index (χ3v) is 7.65. The summed E-state index contributed by atoms with van der Waals surface area (Å²) in [5, 5.41) is 6.08. The van der Waals surface area contributed by atoms with Crippen molar-refractivity contribution < 1.29 is 19.3 Å². The van der Waals surface area contributed by atoms with Gasteiger partial charge < -0.3 is 4.90 Å². The van der Waals surface area contributed by atoms with E-state index in [1.165, 1.54) is 35.6 Å². The molecule has 3 fully saturated rings. The molecule has 6 rings (SSSR count). The van der Waals surface area contributed by atoms with E-state index in [1.54, 1.807) is 4.90 Å². The monoisotopic (exact) mass is 451 g/mol. The van der Waals surface area contributed by atoms with Gasteiger partial charge in [-0.15, -0.1) is 0 Å². The molecule has 1 aromatic carbocycles. The van der Waals surface area contributed by atoms with Crippen LogP contribution in [0.3, 0.4) is 0 Å². The summed E-state index contributed by atoms with van der Waals surface area (Å²) >= 11 is 0. The van der Waals surface area contributed by atoms with Crippen LogP contribution in [0.2, 0.25) is 0 Å². The molecular weight excluding hydrogens is 422 g/mol. The number of hydroxylamine groups is 3. The predicted octanol–water partition coefficient (Wildman–Crippen LogP) is 2.73. The second kappa shape index (κ2) is 8.14. The molecular formula is C24H29N5O4. The molecule has 4 unspecified atom stereocenters. The van der Waals surface area contributed by atoms with Crippen LogP contribution < -0.4 is 5.48 Å². The summed E-state index contributed by atoms with van der Waals surface area (Å²) in [6.45, 7) is 1.06. The summed E-state index contributed by atoms with van der Waals surface area (Å²) < 4.78 is 1.98. The molecule has 2 aliphatic heterocycles. The summed E-state index contributed by atoms with van der Waals surface area (Å²) in [5.74, 6) is 0.905. The van der Waals surface area contributed by atoms with Crippen LogP contribution in [0.1, 0.15) is 66.5 Å². The van der Waals surface area contributed by atoms with Gasteiger partial charge in [0.25, 0.3) is 5.91 Å². The molecule has 3 amide bonds. The highest BCUT2D eigenvalue weighted by atomic mass is 16.7. The normalized spacial score (nSPS) is 27.4. The number of piperidine rings is 1. The van der Waals surface area contributed by atoms with Crippen LogP contribution in [-0.2, 0) is 34.7 Å². The molecule has 0 spiro atoms. The molecule has 0 radical (unpaired) electrons. The number of nitrogens with one attached hydrogen (secondary N) is 1. The fourth-order valence-corrected chi connectivity index (χ4v) is 6.17. The third-order valence-electron chi connectivity index (χ3n) is 7.65. The average Bonchev–Trinajstić information content (AvgIpc) is 3.58. The zero-order valence-electron chi connectivity index (χ0n) is 18.8. The van der Waals surface area contributed by atoms with Gasteiger partial charge in [-0.1, -0.05) is 30.3 Å². The van der Waals surface area contributed by atoms with Crippen LogP contribution in [0, 0.1) is 0 Å². The molecule has 2 aliphatic carbocycles. The van der Waals surface area contributed by atoms with Crippen molar-refractivity contribution in [3.63, 3.8) is 0 Å². The quantitative estimate of drug-likeness (QED) is 0.654. The van der Waals surface area contributed by atoms with E-state index in [4.69, 9.17) is 9.68 Å². The summed E-state index contributed by atoms with van der Waals surface area (Å²) in [7, 11) is 1.99. The van der Waals surface area contributed by atoms with Gasteiger partial charge in [0.1, 0.15) is 19.3 Å². The standard InChI is InChI=1S/C24H29N5O4/c1-27-22-17-8-7-16(11-17)21(22)19(25-27)14-32-26-23(30)20-10-9-18-12-28(20)24(31)29(18)33-13-15-5-3-2-4-6-15/h2-6,16-18,20H,7-14H2,1H3,(H,26,30). The SMILES string of the molecule is Cn1nc(CONC(=O)C2CCC3CN2C(=O)N3OCc2ccccc2)c2c1C1CCC2C1. The van der Waals surface area contributed by atoms with E-state index >= 15 is 0 Å². The molecule has 1 N–H and O–H groups in total. The Bertz CT molecular complexity index is 1070. The number of carbonyl (C=O) groups excluding carboxylic acids is 2. The molecule has 4 aliphatic rings.